The van der Waals surface area contributed by atoms with Gasteiger partial charge in [0.2, 0.25) is 0 Å². The van der Waals surface area contributed by atoms with E-state index in [0.29, 0.717) is 28.7 Å². The number of rotatable bonds is 11. The summed E-state index contributed by atoms with van der Waals surface area (Å²) in [7, 11) is 0. The molecule has 0 saturated carbocycles. The first-order valence-electron chi connectivity index (χ1n) is 14.8. The summed E-state index contributed by atoms with van der Waals surface area (Å²) in [5.74, 6) is -0.0672. The van der Waals surface area contributed by atoms with Gasteiger partial charge in [0.05, 0.1) is 41.6 Å². The van der Waals surface area contributed by atoms with E-state index in [9.17, 15) is 19.5 Å². The van der Waals surface area contributed by atoms with E-state index in [0.717, 1.165) is 21.1 Å². The lowest BCUT2D eigenvalue weighted by Gasteiger charge is -2.12. The van der Waals surface area contributed by atoms with E-state index < -0.39 is 17.3 Å². The van der Waals surface area contributed by atoms with Gasteiger partial charge in [0.25, 0.3) is 0 Å². The molecule has 0 bridgehead atoms. The molecule has 47 heavy (non-hydrogen) atoms. The minimum Gasteiger partial charge on any atom is -0.427 e. The number of aliphatic hydroxyl groups is 1. The molecule has 236 valence electrons. The van der Waals surface area contributed by atoms with E-state index in [4.69, 9.17) is 8.83 Å². The number of thiazole rings is 2. The molecule has 0 spiro atoms. The first-order valence-corrected chi connectivity index (χ1v) is 16.6. The molecule has 11 heteroatoms. The van der Waals surface area contributed by atoms with E-state index in [1.807, 2.05) is 67.6 Å². The molecule has 9 nitrogen and oxygen atoms in total. The van der Waals surface area contributed by atoms with Crippen molar-refractivity contribution in [2.24, 2.45) is 0 Å². The summed E-state index contributed by atoms with van der Waals surface area (Å²) in [6.07, 6.45) is 2.84. The molecule has 0 amide bonds. The van der Waals surface area contributed by atoms with Gasteiger partial charge in [-0.25, -0.2) is 19.6 Å². The van der Waals surface area contributed by atoms with Crippen LogP contribution in [0.25, 0.3) is 55.8 Å². The molecule has 6 rings (SSSR count). The van der Waals surface area contributed by atoms with Crippen LogP contribution in [0.5, 0.6) is 0 Å². The van der Waals surface area contributed by atoms with Gasteiger partial charge in [-0.1, -0.05) is 67.6 Å². The fourth-order valence-electron chi connectivity index (χ4n) is 4.96. The van der Waals surface area contributed by atoms with Crippen LogP contribution in [-0.4, -0.2) is 40.1 Å². The standard InChI is InChI=1S/C36H29N3O6S2/c1-2-37-28(31(41)19-25-13-14-26(35(42)44-25)29-20-46-33(38-29)22-9-5-3-6-10-22)18-24-17-27(36(43)45-32(24)15-16-40)30-21-47-34(39-30)23-11-7-4-8-12-23/h3-15,17-18,20-21,28,37,40H,2,16,19H2,1H3. The highest BCUT2D eigenvalue weighted by Gasteiger charge is 2.19. The average molecular weight is 664 g/mol. The number of aromatic nitrogens is 2. The van der Waals surface area contributed by atoms with Crippen molar-refractivity contribution in [1.82, 2.24) is 15.3 Å². The summed E-state index contributed by atoms with van der Waals surface area (Å²) in [6, 6.07) is 23.3. The molecule has 1 unspecified atom stereocenters. The molecule has 0 fully saturated rings. The number of hydrogen-bond donors (Lipinski definition) is 2. The van der Waals surface area contributed by atoms with Gasteiger partial charge >= 0.3 is 11.3 Å². The zero-order chi connectivity index (χ0) is 32.8. The highest BCUT2D eigenvalue weighted by Crippen LogP contribution is 2.28. The summed E-state index contributed by atoms with van der Waals surface area (Å²) in [4.78, 5) is 48.7. The second kappa shape index (κ2) is 14.6. The lowest BCUT2D eigenvalue weighted by Crippen LogP contribution is -2.40. The fraction of sp³-hybridized carbons (Fsp3) is 0.139. The number of carbonyl (C=O) groups excluding carboxylic acids is 1. The summed E-state index contributed by atoms with van der Waals surface area (Å²) >= 11 is 2.83. The van der Waals surface area contributed by atoms with Crippen molar-refractivity contribution >= 4 is 40.6 Å². The molecule has 0 radical (unpaired) electrons. The van der Waals surface area contributed by atoms with Crippen LogP contribution in [0, 0.1) is 0 Å². The second-order valence-electron chi connectivity index (χ2n) is 10.4. The van der Waals surface area contributed by atoms with Crippen LogP contribution in [0.4, 0.5) is 0 Å². The summed E-state index contributed by atoms with van der Waals surface area (Å²) < 4.78 is 11.1. The molecule has 6 aromatic rings. The molecule has 0 saturated heterocycles. The Kier molecular flexibility index (Phi) is 9.89. The maximum Gasteiger partial charge on any atom is 0.345 e. The molecule has 0 aliphatic rings. The van der Waals surface area contributed by atoms with Crippen LogP contribution in [0.2, 0.25) is 0 Å². The highest BCUT2D eigenvalue weighted by molar-refractivity contribution is 7.13. The number of benzene rings is 2. The molecular formula is C36H29N3O6S2. The normalized spacial score (nSPS) is 12.8. The zero-order valence-electron chi connectivity index (χ0n) is 25.2. The van der Waals surface area contributed by atoms with Gasteiger partial charge in [-0.2, -0.15) is 0 Å². The monoisotopic (exact) mass is 663 g/mol. The number of nitrogens with zero attached hydrogens (tertiary/aromatic N) is 2. The number of ketones is 1. The third kappa shape index (κ3) is 7.34. The number of likely N-dealkylation sites (N-methyl/N-ethyl adjacent to an activating group) is 1. The number of aliphatic hydroxyl groups excluding tert-OH is 1. The molecule has 1 atom stereocenters. The quantitative estimate of drug-likeness (QED) is 0.205. The Morgan fingerprint density at radius 2 is 1.45 bits per heavy atom. The first-order chi connectivity index (χ1) is 22.9. The van der Waals surface area contributed by atoms with Gasteiger partial charge in [-0.3, -0.25) is 4.79 Å². The summed E-state index contributed by atoms with van der Waals surface area (Å²) in [5, 5.41) is 18.3. The Balaban J connectivity index is 1.28. The van der Waals surface area contributed by atoms with Crippen LogP contribution in [-0.2, 0) is 11.2 Å². The molecule has 0 aliphatic carbocycles. The topological polar surface area (TPSA) is 136 Å². The Morgan fingerprint density at radius 1 is 0.851 bits per heavy atom. The molecule has 2 aromatic carbocycles. The third-order valence-electron chi connectivity index (χ3n) is 7.23. The van der Waals surface area contributed by atoms with E-state index in [1.165, 1.54) is 28.7 Å². The van der Waals surface area contributed by atoms with Crippen LogP contribution in [0.3, 0.4) is 0 Å². The summed E-state index contributed by atoms with van der Waals surface area (Å²) in [6.45, 7) is 1.94. The summed E-state index contributed by atoms with van der Waals surface area (Å²) in [5.41, 5.74) is 2.29. The van der Waals surface area contributed by atoms with Crippen molar-refractivity contribution in [3.8, 4) is 43.7 Å². The van der Waals surface area contributed by atoms with Gasteiger partial charge in [-0.05, 0) is 36.9 Å². The molecule has 2 N–H and O–H groups in total. The Labute approximate surface area is 276 Å². The molecule has 4 aromatic heterocycles. The van der Waals surface area contributed by atoms with Gasteiger partial charge in [0.15, 0.2) is 5.78 Å². The second-order valence-corrected chi connectivity index (χ2v) is 12.1. The maximum absolute atomic E-state index is 13.6. The molecule has 4 heterocycles. The minimum absolute atomic E-state index is 0.129. The molecule has 0 aliphatic heterocycles. The van der Waals surface area contributed by atoms with Crippen LogP contribution in [0.1, 0.15) is 12.7 Å². The average Bonchev–Trinajstić information content (AvgIpc) is 3.78. The van der Waals surface area contributed by atoms with Crippen LogP contribution < -0.4 is 27.2 Å². The van der Waals surface area contributed by atoms with Gasteiger partial charge in [0, 0.05) is 27.1 Å². The first kappa shape index (κ1) is 31.9. The van der Waals surface area contributed by atoms with Crippen LogP contribution >= 0.6 is 22.7 Å². The van der Waals surface area contributed by atoms with Crippen molar-refractivity contribution in [2.45, 2.75) is 19.4 Å². The van der Waals surface area contributed by atoms with E-state index in [2.05, 4.69) is 15.3 Å². The predicted octanol–water partition coefficient (Wildman–Crippen LogP) is 4.52. The van der Waals surface area contributed by atoms with Gasteiger partial charge in [-0.15, -0.1) is 22.7 Å². The number of Topliss-reactive ketones (excluding diaryl/α,β-unsaturated/α-hetero) is 1. The SMILES string of the molecule is CCNC(C=c1cc(-c2csc(-c3ccccc3)n2)c(=O)oc1=CCO)C(=O)Cc1ccc(-c2csc(-c3ccccc3)n2)c(=O)o1. The Bertz CT molecular complexity index is 2260. The number of carbonyl (C=O) groups is 1. The highest BCUT2D eigenvalue weighted by atomic mass is 32.1. The lowest BCUT2D eigenvalue weighted by molar-refractivity contribution is -0.119. The predicted molar refractivity (Wildman–Crippen MR) is 184 cm³/mol. The maximum atomic E-state index is 13.6. The Hall–Kier alpha value is -5.07. The fourth-order valence-corrected chi connectivity index (χ4v) is 6.61. The van der Waals surface area contributed by atoms with Crippen molar-refractivity contribution in [3.63, 3.8) is 0 Å². The van der Waals surface area contributed by atoms with Crippen molar-refractivity contribution < 1.29 is 18.7 Å². The Morgan fingerprint density at radius 3 is 2.02 bits per heavy atom. The van der Waals surface area contributed by atoms with Gasteiger partial charge < -0.3 is 19.3 Å². The largest absolute Gasteiger partial charge is 0.427 e. The van der Waals surface area contributed by atoms with E-state index in [1.54, 1.807) is 35.0 Å². The van der Waals surface area contributed by atoms with Gasteiger partial charge in [0.1, 0.15) is 21.2 Å². The third-order valence-corrected chi connectivity index (χ3v) is 9.01. The smallest absolute Gasteiger partial charge is 0.345 e. The zero-order valence-corrected chi connectivity index (χ0v) is 26.8. The van der Waals surface area contributed by atoms with Crippen molar-refractivity contribution in [2.75, 3.05) is 13.2 Å². The number of hydrogen-bond acceptors (Lipinski definition) is 11. The van der Waals surface area contributed by atoms with Crippen LogP contribution in [0.15, 0.2) is 108 Å². The van der Waals surface area contributed by atoms with E-state index >= 15 is 0 Å². The van der Waals surface area contributed by atoms with Crippen molar-refractivity contribution in [1.29, 1.82) is 0 Å². The van der Waals surface area contributed by atoms with Crippen molar-refractivity contribution in [3.05, 3.63) is 127 Å². The lowest BCUT2D eigenvalue weighted by atomic mass is 10.1. The molecular weight excluding hydrogens is 635 g/mol. The number of nitrogens with one attached hydrogen (secondary N) is 1. The van der Waals surface area contributed by atoms with E-state index in [-0.39, 0.29) is 35.6 Å². The minimum atomic E-state index is -0.821.